The molecule has 0 aliphatic rings. The third-order valence-corrected chi connectivity index (χ3v) is 3.39. The molecule has 0 atom stereocenters. The summed E-state index contributed by atoms with van der Waals surface area (Å²) in [4.78, 5) is 0.358. The monoisotopic (exact) mass is 228 g/mol. The largest absolute Gasteiger partial charge is 0.497 e. The van der Waals surface area contributed by atoms with Crippen LogP contribution in [0.1, 0.15) is 25.3 Å². The molecule has 0 aliphatic heterocycles. The van der Waals surface area contributed by atoms with Crippen molar-refractivity contribution in [2.45, 2.75) is 24.7 Å². The zero-order chi connectivity index (χ0) is 11.6. The maximum absolute atomic E-state index is 11.6. The first-order valence-corrected chi connectivity index (χ1v) is 6.63. The van der Waals surface area contributed by atoms with Gasteiger partial charge in [-0.15, -0.1) is 0 Å². The van der Waals surface area contributed by atoms with E-state index in [2.05, 4.69) is 0 Å². The normalized spacial score (nSPS) is 11.8. The van der Waals surface area contributed by atoms with E-state index in [-0.39, 0.29) is 5.92 Å². The highest BCUT2D eigenvalue weighted by Crippen LogP contribution is 2.27. The Balaban J connectivity index is 3.43. The highest BCUT2D eigenvalue weighted by atomic mass is 32.2. The highest BCUT2D eigenvalue weighted by molar-refractivity contribution is 7.90. The van der Waals surface area contributed by atoms with E-state index in [0.717, 1.165) is 5.56 Å². The fourth-order valence-corrected chi connectivity index (χ4v) is 2.50. The van der Waals surface area contributed by atoms with Gasteiger partial charge in [0, 0.05) is 6.26 Å². The molecule has 0 aliphatic carbocycles. The van der Waals surface area contributed by atoms with Crippen molar-refractivity contribution in [3.63, 3.8) is 0 Å². The lowest BCUT2D eigenvalue weighted by molar-refractivity contribution is 0.413. The molecule has 0 bridgehead atoms. The van der Waals surface area contributed by atoms with Gasteiger partial charge in [0.2, 0.25) is 0 Å². The Labute approximate surface area is 91.0 Å². The van der Waals surface area contributed by atoms with Gasteiger partial charge < -0.3 is 4.74 Å². The highest BCUT2D eigenvalue weighted by Gasteiger charge is 2.16. The van der Waals surface area contributed by atoms with E-state index >= 15 is 0 Å². The predicted octanol–water partition coefficient (Wildman–Crippen LogP) is 2.22. The average Bonchev–Trinajstić information content (AvgIpc) is 2.15. The van der Waals surface area contributed by atoms with Gasteiger partial charge in [-0.1, -0.05) is 19.9 Å². The molecule has 1 aromatic rings. The minimum absolute atomic E-state index is 0.181. The molecule has 0 spiro atoms. The number of hydrogen-bond donors (Lipinski definition) is 0. The molecule has 0 heterocycles. The zero-order valence-corrected chi connectivity index (χ0v) is 10.3. The van der Waals surface area contributed by atoms with E-state index in [1.807, 2.05) is 13.8 Å². The molecule has 0 unspecified atom stereocenters. The van der Waals surface area contributed by atoms with Crippen LogP contribution in [0.15, 0.2) is 23.1 Å². The number of sulfone groups is 1. The molecule has 0 saturated heterocycles. The molecule has 1 aromatic carbocycles. The van der Waals surface area contributed by atoms with Crippen LogP contribution in [0.2, 0.25) is 0 Å². The Morgan fingerprint density at radius 3 is 2.27 bits per heavy atom. The Morgan fingerprint density at radius 1 is 1.27 bits per heavy atom. The van der Waals surface area contributed by atoms with E-state index in [1.54, 1.807) is 18.2 Å². The van der Waals surface area contributed by atoms with Crippen LogP contribution in [0, 0.1) is 0 Å². The first-order valence-electron chi connectivity index (χ1n) is 4.74. The maximum Gasteiger partial charge on any atom is 0.175 e. The smallest absolute Gasteiger partial charge is 0.175 e. The molecule has 0 N–H and O–H groups in total. The molecule has 0 aromatic heterocycles. The van der Waals surface area contributed by atoms with Crippen molar-refractivity contribution in [3.8, 4) is 5.75 Å². The summed E-state index contributed by atoms with van der Waals surface area (Å²) < 4.78 is 28.2. The van der Waals surface area contributed by atoms with E-state index in [9.17, 15) is 8.42 Å². The average molecular weight is 228 g/mol. The summed E-state index contributed by atoms with van der Waals surface area (Å²) in [6.07, 6.45) is 1.22. The second-order valence-electron chi connectivity index (χ2n) is 3.83. The summed E-state index contributed by atoms with van der Waals surface area (Å²) in [5.41, 5.74) is 0.832. The quantitative estimate of drug-likeness (QED) is 0.796. The lowest BCUT2D eigenvalue weighted by atomic mass is 10.0. The first-order chi connectivity index (χ1) is 6.86. The number of ether oxygens (including phenoxy) is 1. The predicted molar refractivity (Wildman–Crippen MR) is 60.2 cm³/mol. The second kappa shape index (κ2) is 4.23. The Morgan fingerprint density at radius 2 is 1.87 bits per heavy atom. The van der Waals surface area contributed by atoms with Crippen molar-refractivity contribution in [1.82, 2.24) is 0 Å². The van der Waals surface area contributed by atoms with Crippen LogP contribution in [0.5, 0.6) is 5.75 Å². The summed E-state index contributed by atoms with van der Waals surface area (Å²) in [7, 11) is -1.67. The molecule has 0 fully saturated rings. The molecular formula is C11H16O3S. The third kappa shape index (κ3) is 2.72. The second-order valence-corrected chi connectivity index (χ2v) is 5.81. The zero-order valence-electron chi connectivity index (χ0n) is 9.44. The van der Waals surface area contributed by atoms with Gasteiger partial charge in [-0.05, 0) is 23.6 Å². The van der Waals surface area contributed by atoms with Crippen molar-refractivity contribution in [3.05, 3.63) is 23.8 Å². The van der Waals surface area contributed by atoms with Gasteiger partial charge in [-0.25, -0.2) is 8.42 Å². The summed E-state index contributed by atoms with van der Waals surface area (Å²) in [6.45, 7) is 3.94. The number of hydrogen-bond acceptors (Lipinski definition) is 3. The first kappa shape index (κ1) is 12.0. The van der Waals surface area contributed by atoms with Crippen LogP contribution in [0.25, 0.3) is 0 Å². The SMILES string of the molecule is COc1ccc(C(C)C)c(S(C)(=O)=O)c1. The van der Waals surface area contributed by atoms with Crippen molar-refractivity contribution in [2.75, 3.05) is 13.4 Å². The van der Waals surface area contributed by atoms with Gasteiger partial charge in [0.1, 0.15) is 5.75 Å². The lowest BCUT2D eigenvalue weighted by Gasteiger charge is -2.12. The van der Waals surface area contributed by atoms with Crippen molar-refractivity contribution in [1.29, 1.82) is 0 Å². The van der Waals surface area contributed by atoms with Crippen molar-refractivity contribution < 1.29 is 13.2 Å². The maximum atomic E-state index is 11.6. The molecule has 15 heavy (non-hydrogen) atoms. The van der Waals surface area contributed by atoms with Crippen molar-refractivity contribution >= 4 is 9.84 Å². The number of methoxy groups -OCH3 is 1. The minimum Gasteiger partial charge on any atom is -0.497 e. The van der Waals surface area contributed by atoms with E-state index in [1.165, 1.54) is 13.4 Å². The third-order valence-electron chi connectivity index (χ3n) is 2.24. The fraction of sp³-hybridized carbons (Fsp3) is 0.455. The van der Waals surface area contributed by atoms with Crippen LogP contribution < -0.4 is 4.74 Å². The summed E-state index contributed by atoms with van der Waals surface area (Å²) in [5, 5.41) is 0. The van der Waals surface area contributed by atoms with E-state index < -0.39 is 9.84 Å². The molecule has 0 saturated carbocycles. The van der Waals surface area contributed by atoms with Gasteiger partial charge in [0.25, 0.3) is 0 Å². The molecule has 1 rings (SSSR count). The molecule has 4 heteroatoms. The molecule has 3 nitrogen and oxygen atoms in total. The molecule has 0 radical (unpaired) electrons. The molecule has 0 amide bonds. The minimum atomic E-state index is -3.19. The van der Waals surface area contributed by atoms with Crippen molar-refractivity contribution in [2.24, 2.45) is 0 Å². The number of rotatable bonds is 3. The fourth-order valence-electron chi connectivity index (χ4n) is 1.44. The van der Waals surface area contributed by atoms with Crippen LogP contribution in [0.3, 0.4) is 0 Å². The number of benzene rings is 1. The van der Waals surface area contributed by atoms with Gasteiger partial charge in [-0.3, -0.25) is 0 Å². The van der Waals surface area contributed by atoms with Gasteiger partial charge in [-0.2, -0.15) is 0 Å². The Kier molecular flexibility index (Phi) is 3.39. The van der Waals surface area contributed by atoms with Gasteiger partial charge >= 0.3 is 0 Å². The lowest BCUT2D eigenvalue weighted by Crippen LogP contribution is -2.04. The van der Waals surface area contributed by atoms with Crippen LogP contribution in [-0.4, -0.2) is 21.8 Å². The van der Waals surface area contributed by atoms with Crippen LogP contribution >= 0.6 is 0 Å². The van der Waals surface area contributed by atoms with Gasteiger partial charge in [0.15, 0.2) is 9.84 Å². The van der Waals surface area contributed by atoms with Crippen LogP contribution in [0.4, 0.5) is 0 Å². The van der Waals surface area contributed by atoms with Gasteiger partial charge in [0.05, 0.1) is 12.0 Å². The Hall–Kier alpha value is -1.03. The summed E-state index contributed by atoms with van der Waals surface area (Å²) in [6, 6.07) is 5.16. The van der Waals surface area contributed by atoms with E-state index in [4.69, 9.17) is 4.74 Å². The Bertz CT molecular complexity index is 447. The van der Waals surface area contributed by atoms with Crippen LogP contribution in [-0.2, 0) is 9.84 Å². The summed E-state index contributed by atoms with van der Waals surface area (Å²) >= 11 is 0. The standard InChI is InChI=1S/C11H16O3S/c1-8(2)10-6-5-9(14-3)7-11(10)15(4,12)13/h5-8H,1-4H3. The molecule has 84 valence electrons. The molecular weight excluding hydrogens is 212 g/mol. The van der Waals surface area contributed by atoms with E-state index in [0.29, 0.717) is 10.6 Å². The summed E-state index contributed by atoms with van der Waals surface area (Å²) in [5.74, 6) is 0.750. The topological polar surface area (TPSA) is 43.4 Å².